The summed E-state index contributed by atoms with van der Waals surface area (Å²) < 4.78 is 0. The summed E-state index contributed by atoms with van der Waals surface area (Å²) in [7, 11) is 0. The molecule has 2 amide bonds. The van der Waals surface area contributed by atoms with Gasteiger partial charge < -0.3 is 10.6 Å². The van der Waals surface area contributed by atoms with Crippen LogP contribution in [0.15, 0.2) is 24.4 Å². The molecule has 1 aromatic heterocycles. The third-order valence-electron chi connectivity index (χ3n) is 3.36. The van der Waals surface area contributed by atoms with Crippen LogP contribution in [0.4, 0.5) is 0 Å². The molecular weight excluding hydrogens is 268 g/mol. The zero-order chi connectivity index (χ0) is 15.2. The van der Waals surface area contributed by atoms with Gasteiger partial charge in [0.1, 0.15) is 0 Å². The second-order valence-corrected chi connectivity index (χ2v) is 5.05. The van der Waals surface area contributed by atoms with Crippen LogP contribution in [-0.4, -0.2) is 34.6 Å². The molecule has 0 saturated carbocycles. The number of hydrogen-bond donors (Lipinski definition) is 3. The van der Waals surface area contributed by atoms with Crippen LogP contribution in [0.1, 0.15) is 37.0 Å². The number of aromatic nitrogens is 2. The Balaban J connectivity index is 1.83. The SMILES string of the molecule is CCC(C)NC(=O)CCNC(=O)c1ccc2cn[nH]c2c1. The molecule has 0 aliphatic carbocycles. The first-order valence-electron chi connectivity index (χ1n) is 7.11. The average molecular weight is 288 g/mol. The Morgan fingerprint density at radius 3 is 2.95 bits per heavy atom. The van der Waals surface area contributed by atoms with Crippen LogP contribution < -0.4 is 10.6 Å². The van der Waals surface area contributed by atoms with Gasteiger partial charge in [-0.15, -0.1) is 0 Å². The van der Waals surface area contributed by atoms with Crippen LogP contribution in [0.5, 0.6) is 0 Å². The number of nitrogens with one attached hydrogen (secondary N) is 3. The minimum atomic E-state index is -0.192. The number of fused-ring (bicyclic) bond motifs is 1. The largest absolute Gasteiger partial charge is 0.354 e. The minimum absolute atomic E-state index is 0.0475. The smallest absolute Gasteiger partial charge is 0.251 e. The maximum atomic E-state index is 12.0. The summed E-state index contributed by atoms with van der Waals surface area (Å²) in [6.07, 6.45) is 2.88. The molecule has 1 aromatic carbocycles. The van der Waals surface area contributed by atoms with Gasteiger partial charge in [-0.05, 0) is 25.5 Å². The zero-order valence-electron chi connectivity index (χ0n) is 12.3. The molecule has 1 unspecified atom stereocenters. The van der Waals surface area contributed by atoms with Crippen molar-refractivity contribution < 1.29 is 9.59 Å². The molecule has 6 heteroatoms. The molecule has 0 spiro atoms. The molecule has 0 aliphatic rings. The number of aromatic amines is 1. The number of carbonyl (C=O) groups excluding carboxylic acids is 2. The Kier molecular flexibility index (Phi) is 4.92. The highest BCUT2D eigenvalue weighted by Gasteiger charge is 2.09. The molecule has 112 valence electrons. The lowest BCUT2D eigenvalue weighted by molar-refractivity contribution is -0.121. The second-order valence-electron chi connectivity index (χ2n) is 5.05. The Morgan fingerprint density at radius 2 is 2.19 bits per heavy atom. The number of carbonyl (C=O) groups is 2. The molecule has 0 radical (unpaired) electrons. The molecule has 2 rings (SSSR count). The third-order valence-corrected chi connectivity index (χ3v) is 3.36. The summed E-state index contributed by atoms with van der Waals surface area (Å²) in [5, 5.41) is 13.3. The van der Waals surface area contributed by atoms with Gasteiger partial charge in [0.15, 0.2) is 0 Å². The number of hydrogen-bond acceptors (Lipinski definition) is 3. The van der Waals surface area contributed by atoms with E-state index in [0.717, 1.165) is 17.3 Å². The summed E-state index contributed by atoms with van der Waals surface area (Å²) in [4.78, 5) is 23.6. The molecule has 1 atom stereocenters. The highest BCUT2D eigenvalue weighted by atomic mass is 16.2. The maximum absolute atomic E-state index is 12.0. The minimum Gasteiger partial charge on any atom is -0.354 e. The van der Waals surface area contributed by atoms with Gasteiger partial charge in [-0.25, -0.2) is 0 Å². The monoisotopic (exact) mass is 288 g/mol. The number of benzene rings is 1. The van der Waals surface area contributed by atoms with E-state index in [9.17, 15) is 9.59 Å². The first-order chi connectivity index (χ1) is 10.1. The van der Waals surface area contributed by atoms with Crippen LogP contribution >= 0.6 is 0 Å². The topological polar surface area (TPSA) is 86.9 Å². The quantitative estimate of drug-likeness (QED) is 0.754. The van der Waals surface area contributed by atoms with Crippen LogP contribution in [0.2, 0.25) is 0 Å². The van der Waals surface area contributed by atoms with Gasteiger partial charge in [-0.1, -0.05) is 13.0 Å². The van der Waals surface area contributed by atoms with E-state index in [1.807, 2.05) is 19.9 Å². The summed E-state index contributed by atoms with van der Waals surface area (Å²) in [5.41, 5.74) is 1.37. The number of amides is 2. The van der Waals surface area contributed by atoms with Crippen molar-refractivity contribution in [1.82, 2.24) is 20.8 Å². The fourth-order valence-electron chi connectivity index (χ4n) is 1.92. The zero-order valence-corrected chi connectivity index (χ0v) is 12.3. The van der Waals surface area contributed by atoms with E-state index < -0.39 is 0 Å². The summed E-state index contributed by atoms with van der Waals surface area (Å²) >= 11 is 0. The van der Waals surface area contributed by atoms with Crippen LogP contribution in [0.3, 0.4) is 0 Å². The van der Waals surface area contributed by atoms with E-state index in [1.54, 1.807) is 18.3 Å². The van der Waals surface area contributed by atoms with Gasteiger partial charge in [0.2, 0.25) is 5.91 Å². The molecule has 0 aliphatic heterocycles. The van der Waals surface area contributed by atoms with E-state index in [0.29, 0.717) is 12.1 Å². The Hall–Kier alpha value is -2.37. The Labute approximate surface area is 123 Å². The fraction of sp³-hybridized carbons (Fsp3) is 0.400. The average Bonchev–Trinajstić information content (AvgIpc) is 2.94. The van der Waals surface area contributed by atoms with Gasteiger partial charge in [-0.2, -0.15) is 5.10 Å². The van der Waals surface area contributed by atoms with Gasteiger partial charge in [-0.3, -0.25) is 14.7 Å². The van der Waals surface area contributed by atoms with E-state index in [4.69, 9.17) is 0 Å². The molecule has 0 bridgehead atoms. The molecule has 0 fully saturated rings. The highest BCUT2D eigenvalue weighted by Crippen LogP contribution is 2.12. The normalized spacial score (nSPS) is 12.1. The van der Waals surface area contributed by atoms with E-state index in [2.05, 4.69) is 20.8 Å². The van der Waals surface area contributed by atoms with Crippen molar-refractivity contribution in [2.24, 2.45) is 0 Å². The van der Waals surface area contributed by atoms with Gasteiger partial charge in [0.25, 0.3) is 5.91 Å². The lowest BCUT2D eigenvalue weighted by atomic mass is 10.1. The number of H-pyrrole nitrogens is 1. The lowest BCUT2D eigenvalue weighted by Crippen LogP contribution is -2.35. The molecule has 6 nitrogen and oxygen atoms in total. The van der Waals surface area contributed by atoms with Crippen molar-refractivity contribution in [2.45, 2.75) is 32.7 Å². The summed E-state index contributed by atoms with van der Waals surface area (Å²) in [6.45, 7) is 4.29. The molecule has 2 aromatic rings. The van der Waals surface area contributed by atoms with Gasteiger partial charge in [0, 0.05) is 30.0 Å². The highest BCUT2D eigenvalue weighted by molar-refractivity contribution is 5.97. The van der Waals surface area contributed by atoms with Crippen LogP contribution in [0.25, 0.3) is 10.9 Å². The molecule has 0 saturated heterocycles. The molecular formula is C15H20N4O2. The fourth-order valence-corrected chi connectivity index (χ4v) is 1.92. The standard InChI is InChI=1S/C15H20N4O2/c1-3-10(2)18-14(20)6-7-16-15(21)11-4-5-12-9-17-19-13(12)8-11/h4-5,8-10H,3,6-7H2,1-2H3,(H,16,21)(H,17,19)(H,18,20). The summed E-state index contributed by atoms with van der Waals surface area (Å²) in [5.74, 6) is -0.239. The predicted octanol–water partition coefficient (Wildman–Crippen LogP) is 1.60. The maximum Gasteiger partial charge on any atom is 0.251 e. The Bertz CT molecular complexity index is 635. The third kappa shape index (κ3) is 4.05. The van der Waals surface area contributed by atoms with E-state index >= 15 is 0 Å². The van der Waals surface area contributed by atoms with Crippen LogP contribution in [0, 0.1) is 0 Å². The van der Waals surface area contributed by atoms with Crippen molar-refractivity contribution in [2.75, 3.05) is 6.54 Å². The van der Waals surface area contributed by atoms with E-state index in [-0.39, 0.29) is 24.3 Å². The van der Waals surface area contributed by atoms with Crippen molar-refractivity contribution in [3.05, 3.63) is 30.0 Å². The van der Waals surface area contributed by atoms with Crippen molar-refractivity contribution >= 4 is 22.7 Å². The van der Waals surface area contributed by atoms with Crippen molar-refractivity contribution in [3.63, 3.8) is 0 Å². The second kappa shape index (κ2) is 6.88. The summed E-state index contributed by atoms with van der Waals surface area (Å²) in [6, 6.07) is 5.49. The van der Waals surface area contributed by atoms with Crippen molar-refractivity contribution in [3.8, 4) is 0 Å². The van der Waals surface area contributed by atoms with E-state index in [1.165, 1.54) is 0 Å². The molecule has 21 heavy (non-hydrogen) atoms. The number of rotatable bonds is 6. The molecule has 1 heterocycles. The molecule has 3 N–H and O–H groups in total. The Morgan fingerprint density at radius 1 is 1.38 bits per heavy atom. The predicted molar refractivity (Wildman–Crippen MR) is 80.9 cm³/mol. The van der Waals surface area contributed by atoms with Crippen molar-refractivity contribution in [1.29, 1.82) is 0 Å². The van der Waals surface area contributed by atoms with Gasteiger partial charge in [0.05, 0.1) is 11.7 Å². The number of nitrogens with zero attached hydrogens (tertiary/aromatic N) is 1. The van der Waals surface area contributed by atoms with Gasteiger partial charge >= 0.3 is 0 Å². The van der Waals surface area contributed by atoms with Crippen LogP contribution in [-0.2, 0) is 4.79 Å². The lowest BCUT2D eigenvalue weighted by Gasteiger charge is -2.11. The first-order valence-corrected chi connectivity index (χ1v) is 7.11. The first kappa shape index (κ1) is 15.0.